The van der Waals surface area contributed by atoms with E-state index >= 15 is 0 Å². The van der Waals surface area contributed by atoms with Crippen LogP contribution < -0.4 is 10.1 Å². The molecule has 0 atom stereocenters. The van der Waals surface area contributed by atoms with Crippen LogP contribution in [0.4, 0.5) is 18.9 Å². The number of methoxy groups -OCH3 is 1. The van der Waals surface area contributed by atoms with E-state index in [1.165, 1.54) is 44.4 Å². The number of anilines is 1. The van der Waals surface area contributed by atoms with E-state index in [1.54, 1.807) is 0 Å². The molecule has 1 N–H and O–H groups in total. The van der Waals surface area contributed by atoms with Gasteiger partial charge in [-0.15, -0.1) is 0 Å². The zero-order chi connectivity index (χ0) is 19.3. The van der Waals surface area contributed by atoms with Gasteiger partial charge < -0.3 is 14.8 Å². The van der Waals surface area contributed by atoms with E-state index in [2.05, 4.69) is 10.1 Å². The van der Waals surface area contributed by atoms with Crippen molar-refractivity contribution in [2.75, 3.05) is 12.4 Å². The Morgan fingerprint density at radius 3 is 2.27 bits per heavy atom. The third-order valence-corrected chi connectivity index (χ3v) is 3.39. The number of rotatable bonds is 5. The van der Waals surface area contributed by atoms with Crippen LogP contribution in [0.25, 0.3) is 0 Å². The minimum atomic E-state index is -4.39. The number of alkyl halides is 3. The molecule has 138 valence electrons. The van der Waals surface area contributed by atoms with Crippen molar-refractivity contribution in [2.24, 2.45) is 0 Å². The lowest BCUT2D eigenvalue weighted by atomic mass is 10.1. The van der Waals surface area contributed by atoms with Crippen LogP contribution >= 0.6 is 0 Å². The summed E-state index contributed by atoms with van der Waals surface area (Å²) in [5.41, 5.74) is 0.163. The Bertz CT molecular complexity index is 801. The monoisotopic (exact) mass is 367 g/mol. The molecule has 0 heterocycles. The average molecular weight is 367 g/mol. The van der Waals surface area contributed by atoms with Crippen LogP contribution in [0.2, 0.25) is 0 Å². The van der Waals surface area contributed by atoms with Crippen molar-refractivity contribution in [1.82, 2.24) is 0 Å². The zero-order valence-corrected chi connectivity index (χ0v) is 14.0. The lowest BCUT2D eigenvalue weighted by Gasteiger charge is -2.12. The number of hydrogen-bond acceptors (Lipinski definition) is 4. The molecule has 2 aromatic rings. The molecule has 0 fully saturated rings. The van der Waals surface area contributed by atoms with Crippen LogP contribution in [0.1, 0.15) is 28.4 Å². The Hall–Kier alpha value is -3.03. The van der Waals surface area contributed by atoms with Crippen molar-refractivity contribution in [3.05, 3.63) is 59.2 Å². The van der Waals surface area contributed by atoms with Gasteiger partial charge in [-0.3, -0.25) is 4.79 Å². The Labute approximate surface area is 147 Å². The van der Waals surface area contributed by atoms with E-state index in [9.17, 15) is 22.8 Å². The molecule has 0 saturated heterocycles. The van der Waals surface area contributed by atoms with E-state index in [0.29, 0.717) is 11.3 Å². The summed E-state index contributed by atoms with van der Waals surface area (Å²) in [5.74, 6) is -0.707. The lowest BCUT2D eigenvalue weighted by Crippen LogP contribution is -2.12. The molecule has 0 radical (unpaired) electrons. The second-order valence-electron chi connectivity index (χ2n) is 5.36. The molecule has 2 rings (SSSR count). The number of halogens is 3. The number of carbonyl (C=O) groups is 2. The van der Waals surface area contributed by atoms with Gasteiger partial charge in [0.1, 0.15) is 12.4 Å². The minimum Gasteiger partial charge on any atom is -0.489 e. The first-order chi connectivity index (χ1) is 12.2. The van der Waals surface area contributed by atoms with Crippen molar-refractivity contribution in [1.29, 1.82) is 0 Å². The Morgan fingerprint density at radius 1 is 1.08 bits per heavy atom. The van der Waals surface area contributed by atoms with Crippen LogP contribution in [0.3, 0.4) is 0 Å². The summed E-state index contributed by atoms with van der Waals surface area (Å²) in [6, 6.07) is 8.97. The molecule has 1 amide bonds. The van der Waals surface area contributed by atoms with Gasteiger partial charge in [0, 0.05) is 6.92 Å². The summed E-state index contributed by atoms with van der Waals surface area (Å²) >= 11 is 0. The maximum atomic E-state index is 12.5. The molecule has 0 spiro atoms. The molecule has 0 bridgehead atoms. The Balaban J connectivity index is 2.14. The number of amides is 1. The summed E-state index contributed by atoms with van der Waals surface area (Å²) in [7, 11) is 1.20. The standard InChI is InChI=1S/C18H16F3NO4/c1-11(23)22-16-8-7-14(9-15(16)17(24)25-2)26-10-12-3-5-13(6-4-12)18(19,20)21/h3-9H,10H2,1-2H3,(H,22,23). The summed E-state index contributed by atoms with van der Waals surface area (Å²) in [6.07, 6.45) is -4.39. The highest BCUT2D eigenvalue weighted by molar-refractivity contribution is 6.01. The van der Waals surface area contributed by atoms with Gasteiger partial charge in [0.25, 0.3) is 0 Å². The highest BCUT2D eigenvalue weighted by Gasteiger charge is 2.29. The molecular formula is C18H16F3NO4. The fourth-order valence-electron chi connectivity index (χ4n) is 2.15. The van der Waals surface area contributed by atoms with Crippen molar-refractivity contribution >= 4 is 17.6 Å². The Kier molecular flexibility index (Phi) is 5.86. The predicted molar refractivity (Wildman–Crippen MR) is 87.9 cm³/mol. The van der Waals surface area contributed by atoms with Gasteiger partial charge in [-0.1, -0.05) is 12.1 Å². The maximum Gasteiger partial charge on any atom is 0.416 e. The number of esters is 1. The van der Waals surface area contributed by atoms with Crippen LogP contribution in [-0.4, -0.2) is 19.0 Å². The van der Waals surface area contributed by atoms with Crippen molar-refractivity contribution in [3.8, 4) is 5.75 Å². The van der Waals surface area contributed by atoms with E-state index in [-0.39, 0.29) is 23.8 Å². The zero-order valence-electron chi connectivity index (χ0n) is 14.0. The minimum absolute atomic E-state index is 0.0121. The van der Waals surface area contributed by atoms with Gasteiger partial charge in [-0.25, -0.2) is 4.79 Å². The normalized spacial score (nSPS) is 11.0. The van der Waals surface area contributed by atoms with Crippen LogP contribution in [0, 0.1) is 0 Å². The third-order valence-electron chi connectivity index (χ3n) is 3.39. The summed E-state index contributed by atoms with van der Waals surface area (Å²) in [4.78, 5) is 23.0. The first-order valence-corrected chi connectivity index (χ1v) is 7.49. The predicted octanol–water partition coefficient (Wildman–Crippen LogP) is 4.03. The van der Waals surface area contributed by atoms with E-state index in [4.69, 9.17) is 4.74 Å². The second-order valence-corrected chi connectivity index (χ2v) is 5.36. The molecule has 2 aromatic carbocycles. The molecule has 0 aliphatic carbocycles. The number of nitrogens with one attached hydrogen (secondary N) is 1. The first kappa shape index (κ1) is 19.3. The fourth-order valence-corrected chi connectivity index (χ4v) is 2.15. The van der Waals surface area contributed by atoms with Gasteiger partial charge in [-0.05, 0) is 35.9 Å². The molecule has 0 unspecified atom stereocenters. The lowest BCUT2D eigenvalue weighted by molar-refractivity contribution is -0.137. The SMILES string of the molecule is COC(=O)c1cc(OCc2ccc(C(F)(F)F)cc2)ccc1NC(C)=O. The van der Waals surface area contributed by atoms with Gasteiger partial charge in [0.2, 0.25) is 5.91 Å². The van der Waals surface area contributed by atoms with E-state index in [0.717, 1.165) is 12.1 Å². The molecule has 5 nitrogen and oxygen atoms in total. The molecule has 26 heavy (non-hydrogen) atoms. The fraction of sp³-hybridized carbons (Fsp3) is 0.222. The van der Waals surface area contributed by atoms with Crippen molar-refractivity contribution in [3.63, 3.8) is 0 Å². The van der Waals surface area contributed by atoms with Gasteiger partial charge in [0.15, 0.2) is 0 Å². The quantitative estimate of drug-likeness (QED) is 0.811. The average Bonchev–Trinajstić information content (AvgIpc) is 2.59. The topological polar surface area (TPSA) is 64.6 Å². The molecule has 8 heteroatoms. The van der Waals surface area contributed by atoms with Crippen LogP contribution in [0.5, 0.6) is 5.75 Å². The molecule has 0 aliphatic rings. The number of carbonyl (C=O) groups excluding carboxylic acids is 2. The van der Waals surface area contributed by atoms with E-state index < -0.39 is 17.7 Å². The highest BCUT2D eigenvalue weighted by Crippen LogP contribution is 2.29. The molecule has 0 aromatic heterocycles. The number of ether oxygens (including phenoxy) is 2. The number of benzene rings is 2. The Morgan fingerprint density at radius 2 is 1.73 bits per heavy atom. The number of hydrogen-bond donors (Lipinski definition) is 1. The van der Waals surface area contributed by atoms with Gasteiger partial charge in [0.05, 0.1) is 23.9 Å². The van der Waals surface area contributed by atoms with Crippen molar-refractivity contribution in [2.45, 2.75) is 19.7 Å². The first-order valence-electron chi connectivity index (χ1n) is 7.49. The van der Waals surface area contributed by atoms with E-state index in [1.807, 2.05) is 0 Å². The summed E-state index contributed by atoms with van der Waals surface area (Å²) < 4.78 is 47.8. The molecule has 0 aliphatic heterocycles. The van der Waals surface area contributed by atoms with Gasteiger partial charge >= 0.3 is 12.1 Å². The molecular weight excluding hydrogens is 351 g/mol. The summed E-state index contributed by atoms with van der Waals surface area (Å²) in [6.45, 7) is 1.31. The van der Waals surface area contributed by atoms with Crippen LogP contribution in [-0.2, 0) is 22.3 Å². The largest absolute Gasteiger partial charge is 0.489 e. The van der Waals surface area contributed by atoms with Crippen LogP contribution in [0.15, 0.2) is 42.5 Å². The van der Waals surface area contributed by atoms with Gasteiger partial charge in [-0.2, -0.15) is 13.2 Å². The highest BCUT2D eigenvalue weighted by atomic mass is 19.4. The maximum absolute atomic E-state index is 12.5. The smallest absolute Gasteiger partial charge is 0.416 e. The summed E-state index contributed by atoms with van der Waals surface area (Å²) in [5, 5.41) is 2.51. The van der Waals surface area contributed by atoms with Crippen molar-refractivity contribution < 1.29 is 32.2 Å². The second kappa shape index (κ2) is 7.90. The third kappa shape index (κ3) is 4.98. The molecule has 0 saturated carbocycles.